The SMILES string of the molecule is CC(C)c1ccc(-c2noc(Cn3cnc4sccc4c3=O)n2)cc1. The van der Waals surface area contributed by atoms with Crippen molar-refractivity contribution < 1.29 is 4.52 Å². The van der Waals surface area contributed by atoms with Gasteiger partial charge in [0.1, 0.15) is 11.4 Å². The van der Waals surface area contributed by atoms with Gasteiger partial charge in [-0.3, -0.25) is 9.36 Å². The highest BCUT2D eigenvalue weighted by Crippen LogP contribution is 2.20. The third-order valence-electron chi connectivity index (χ3n) is 4.06. The van der Waals surface area contributed by atoms with Gasteiger partial charge in [0.2, 0.25) is 11.7 Å². The first-order valence-corrected chi connectivity index (χ1v) is 8.85. The Morgan fingerprint density at radius 2 is 2.00 bits per heavy atom. The molecule has 0 atom stereocenters. The molecule has 1 aromatic carbocycles. The minimum Gasteiger partial charge on any atom is -0.337 e. The molecular weight excluding hydrogens is 336 g/mol. The number of nitrogens with zero attached hydrogens (tertiary/aromatic N) is 4. The smallest absolute Gasteiger partial charge is 0.262 e. The van der Waals surface area contributed by atoms with Gasteiger partial charge in [0.15, 0.2) is 0 Å². The lowest BCUT2D eigenvalue weighted by atomic mass is 10.0. The molecule has 4 rings (SSSR count). The first-order chi connectivity index (χ1) is 12.1. The predicted octanol–water partition coefficient (Wildman–Crippen LogP) is 3.68. The highest BCUT2D eigenvalue weighted by Gasteiger charge is 2.12. The van der Waals surface area contributed by atoms with Gasteiger partial charge < -0.3 is 4.52 Å². The summed E-state index contributed by atoms with van der Waals surface area (Å²) in [6.07, 6.45) is 1.52. The Balaban J connectivity index is 1.60. The van der Waals surface area contributed by atoms with Crippen LogP contribution >= 0.6 is 11.3 Å². The monoisotopic (exact) mass is 352 g/mol. The molecule has 0 radical (unpaired) electrons. The first-order valence-electron chi connectivity index (χ1n) is 7.97. The van der Waals surface area contributed by atoms with Gasteiger partial charge in [0, 0.05) is 5.56 Å². The Morgan fingerprint density at radius 1 is 1.20 bits per heavy atom. The largest absolute Gasteiger partial charge is 0.337 e. The van der Waals surface area contributed by atoms with Gasteiger partial charge >= 0.3 is 0 Å². The molecule has 0 bridgehead atoms. The fraction of sp³-hybridized carbons (Fsp3) is 0.222. The number of aromatic nitrogens is 4. The molecule has 7 heteroatoms. The van der Waals surface area contributed by atoms with Crippen LogP contribution in [-0.2, 0) is 6.54 Å². The average molecular weight is 352 g/mol. The van der Waals surface area contributed by atoms with Crippen molar-refractivity contribution in [2.24, 2.45) is 0 Å². The Kier molecular flexibility index (Phi) is 3.93. The van der Waals surface area contributed by atoms with Crippen LogP contribution in [-0.4, -0.2) is 19.7 Å². The van der Waals surface area contributed by atoms with Gasteiger partial charge in [-0.05, 0) is 22.9 Å². The highest BCUT2D eigenvalue weighted by molar-refractivity contribution is 7.16. The molecule has 0 saturated heterocycles. The zero-order valence-electron chi connectivity index (χ0n) is 13.8. The maximum absolute atomic E-state index is 12.4. The quantitative estimate of drug-likeness (QED) is 0.560. The molecule has 0 unspecified atom stereocenters. The van der Waals surface area contributed by atoms with Crippen LogP contribution in [0, 0.1) is 0 Å². The van der Waals surface area contributed by atoms with Crippen LogP contribution in [0.25, 0.3) is 21.6 Å². The fourth-order valence-corrected chi connectivity index (χ4v) is 3.33. The van der Waals surface area contributed by atoms with Crippen molar-refractivity contribution in [3.8, 4) is 11.4 Å². The minimum absolute atomic E-state index is 0.104. The normalized spacial score (nSPS) is 11.5. The Labute approximate surface area is 147 Å². The van der Waals surface area contributed by atoms with Crippen molar-refractivity contribution in [1.82, 2.24) is 19.7 Å². The Hall–Kier alpha value is -2.80. The second-order valence-electron chi connectivity index (χ2n) is 6.11. The standard InChI is InChI=1S/C18H16N4O2S/c1-11(2)12-3-5-13(6-4-12)16-20-15(24-21-16)9-22-10-19-17-14(18(22)23)7-8-25-17/h3-8,10-11H,9H2,1-2H3. The molecule has 0 fully saturated rings. The second kappa shape index (κ2) is 6.25. The zero-order valence-corrected chi connectivity index (χ0v) is 14.7. The van der Waals surface area contributed by atoms with Crippen LogP contribution in [0.1, 0.15) is 31.2 Å². The van der Waals surface area contributed by atoms with Crippen molar-refractivity contribution in [3.63, 3.8) is 0 Å². The summed E-state index contributed by atoms with van der Waals surface area (Å²) < 4.78 is 6.78. The molecule has 3 heterocycles. The Morgan fingerprint density at radius 3 is 2.76 bits per heavy atom. The van der Waals surface area contributed by atoms with Crippen LogP contribution in [0.3, 0.4) is 0 Å². The molecule has 126 valence electrons. The summed E-state index contributed by atoms with van der Waals surface area (Å²) in [6.45, 7) is 4.50. The van der Waals surface area contributed by atoms with Crippen LogP contribution in [0.2, 0.25) is 0 Å². The number of hydrogen-bond donors (Lipinski definition) is 0. The number of thiophene rings is 1. The van der Waals surface area contributed by atoms with Crippen molar-refractivity contribution in [1.29, 1.82) is 0 Å². The van der Waals surface area contributed by atoms with E-state index in [1.165, 1.54) is 27.8 Å². The second-order valence-corrected chi connectivity index (χ2v) is 7.00. The average Bonchev–Trinajstić information content (AvgIpc) is 3.27. The Bertz CT molecular complexity index is 1080. The predicted molar refractivity (Wildman–Crippen MR) is 96.8 cm³/mol. The van der Waals surface area contributed by atoms with Crippen molar-refractivity contribution in [2.75, 3.05) is 0 Å². The van der Waals surface area contributed by atoms with E-state index in [1.807, 2.05) is 17.5 Å². The summed E-state index contributed by atoms with van der Waals surface area (Å²) in [4.78, 5) is 21.8. The zero-order chi connectivity index (χ0) is 17.4. The van der Waals surface area contributed by atoms with E-state index in [4.69, 9.17) is 4.52 Å². The van der Waals surface area contributed by atoms with E-state index in [0.717, 1.165) is 10.4 Å². The molecule has 0 aliphatic rings. The molecule has 0 amide bonds. The van der Waals surface area contributed by atoms with Crippen molar-refractivity contribution in [2.45, 2.75) is 26.3 Å². The van der Waals surface area contributed by atoms with E-state index in [2.05, 4.69) is 41.1 Å². The van der Waals surface area contributed by atoms with Crippen LogP contribution in [0.4, 0.5) is 0 Å². The number of fused-ring (bicyclic) bond motifs is 1. The molecule has 6 nitrogen and oxygen atoms in total. The fourth-order valence-electron chi connectivity index (χ4n) is 2.61. The third-order valence-corrected chi connectivity index (χ3v) is 4.88. The van der Waals surface area contributed by atoms with Crippen LogP contribution in [0.5, 0.6) is 0 Å². The van der Waals surface area contributed by atoms with E-state index < -0.39 is 0 Å². The summed E-state index contributed by atoms with van der Waals surface area (Å²) in [5.41, 5.74) is 2.04. The minimum atomic E-state index is -0.104. The molecule has 0 aliphatic heterocycles. The van der Waals surface area contributed by atoms with Gasteiger partial charge in [0.25, 0.3) is 5.56 Å². The van der Waals surface area contributed by atoms with E-state index in [-0.39, 0.29) is 12.1 Å². The topological polar surface area (TPSA) is 73.8 Å². The van der Waals surface area contributed by atoms with Gasteiger partial charge in [-0.25, -0.2) is 4.98 Å². The van der Waals surface area contributed by atoms with Crippen LogP contribution in [0.15, 0.2) is 51.4 Å². The molecule has 0 N–H and O–H groups in total. The molecular formula is C18H16N4O2S. The number of hydrogen-bond acceptors (Lipinski definition) is 6. The van der Waals surface area contributed by atoms with E-state index in [0.29, 0.717) is 23.0 Å². The lowest BCUT2D eigenvalue weighted by Gasteiger charge is -2.04. The summed E-state index contributed by atoms with van der Waals surface area (Å²) in [5.74, 6) is 1.37. The number of rotatable bonds is 4. The lowest BCUT2D eigenvalue weighted by Crippen LogP contribution is -2.20. The summed E-state index contributed by atoms with van der Waals surface area (Å²) >= 11 is 1.45. The van der Waals surface area contributed by atoms with E-state index >= 15 is 0 Å². The van der Waals surface area contributed by atoms with Gasteiger partial charge in [0.05, 0.1) is 11.7 Å². The van der Waals surface area contributed by atoms with Gasteiger partial charge in [-0.1, -0.05) is 43.3 Å². The van der Waals surface area contributed by atoms with Crippen LogP contribution < -0.4 is 5.56 Å². The van der Waals surface area contributed by atoms with Gasteiger partial charge in [-0.15, -0.1) is 11.3 Å². The van der Waals surface area contributed by atoms with Crippen molar-refractivity contribution >= 4 is 21.6 Å². The molecule has 3 aromatic heterocycles. The first kappa shape index (κ1) is 15.7. The molecule has 0 saturated carbocycles. The third kappa shape index (κ3) is 2.98. The summed E-state index contributed by atoms with van der Waals surface area (Å²) in [7, 11) is 0. The number of benzene rings is 1. The molecule has 4 aromatic rings. The molecule has 25 heavy (non-hydrogen) atoms. The van der Waals surface area contributed by atoms with E-state index in [9.17, 15) is 4.79 Å². The lowest BCUT2D eigenvalue weighted by molar-refractivity contribution is 0.369. The molecule has 0 aliphatic carbocycles. The van der Waals surface area contributed by atoms with Gasteiger partial charge in [-0.2, -0.15) is 4.98 Å². The summed E-state index contributed by atoms with van der Waals surface area (Å²) in [6, 6.07) is 9.87. The maximum atomic E-state index is 12.4. The highest BCUT2D eigenvalue weighted by atomic mass is 32.1. The maximum Gasteiger partial charge on any atom is 0.262 e. The molecule has 0 spiro atoms. The summed E-state index contributed by atoms with van der Waals surface area (Å²) in [5, 5.41) is 6.48. The van der Waals surface area contributed by atoms with E-state index in [1.54, 1.807) is 6.07 Å². The van der Waals surface area contributed by atoms with Crippen molar-refractivity contribution in [3.05, 3.63) is 63.8 Å².